The van der Waals surface area contributed by atoms with Crippen molar-refractivity contribution in [1.29, 1.82) is 0 Å². The van der Waals surface area contributed by atoms with E-state index in [1.54, 1.807) is 0 Å². The number of β-amino-alcohol motifs (C(OH)–C–C–N with tert-alkyl or cyclic N) is 1. The molecule has 0 aromatic carbocycles. The van der Waals surface area contributed by atoms with E-state index in [0.717, 1.165) is 65.5 Å². The van der Waals surface area contributed by atoms with Crippen LogP contribution in [-0.4, -0.2) is 98.0 Å². The lowest BCUT2D eigenvalue weighted by molar-refractivity contribution is -0.0471. The molecule has 0 saturated carbocycles. The van der Waals surface area contributed by atoms with Gasteiger partial charge in [0.25, 0.3) is 0 Å². The van der Waals surface area contributed by atoms with Crippen LogP contribution in [0.5, 0.6) is 0 Å². The number of morpholine rings is 1. The van der Waals surface area contributed by atoms with Crippen LogP contribution in [0.15, 0.2) is 0 Å². The molecular weight excluding hydrogens is 230 g/mol. The largest absolute Gasteiger partial charge is 0.395 e. The minimum Gasteiger partial charge on any atom is -0.395 e. The molecule has 0 amide bonds. The van der Waals surface area contributed by atoms with Crippen molar-refractivity contribution in [2.24, 2.45) is 0 Å². The zero-order valence-corrected chi connectivity index (χ0v) is 11.6. The van der Waals surface area contributed by atoms with E-state index in [2.05, 4.69) is 21.6 Å². The van der Waals surface area contributed by atoms with Gasteiger partial charge in [-0.2, -0.15) is 0 Å². The normalized spacial score (nSPS) is 28.7. The van der Waals surface area contributed by atoms with E-state index in [-0.39, 0.29) is 6.61 Å². The number of piperazine rings is 1. The van der Waals surface area contributed by atoms with Crippen molar-refractivity contribution in [3.8, 4) is 0 Å². The maximum atomic E-state index is 8.92. The van der Waals surface area contributed by atoms with Crippen LogP contribution in [0.1, 0.15) is 6.92 Å². The van der Waals surface area contributed by atoms with E-state index in [1.807, 2.05) is 0 Å². The highest BCUT2D eigenvalue weighted by Gasteiger charge is 2.24. The fourth-order valence-corrected chi connectivity index (χ4v) is 2.80. The Morgan fingerprint density at radius 3 is 2.44 bits per heavy atom. The number of hydrogen-bond acceptors (Lipinski definition) is 5. The summed E-state index contributed by atoms with van der Waals surface area (Å²) in [7, 11) is 0. The van der Waals surface area contributed by atoms with Gasteiger partial charge in [-0.05, 0) is 6.54 Å². The zero-order valence-electron chi connectivity index (χ0n) is 11.6. The summed E-state index contributed by atoms with van der Waals surface area (Å²) in [5.41, 5.74) is 0. The number of aliphatic hydroxyl groups excluding tert-OH is 1. The van der Waals surface area contributed by atoms with Gasteiger partial charge in [0.15, 0.2) is 0 Å². The number of hydrogen-bond donors (Lipinski definition) is 1. The minimum absolute atomic E-state index is 0.275. The number of rotatable bonds is 5. The molecule has 2 saturated heterocycles. The second-order valence-corrected chi connectivity index (χ2v) is 5.25. The topological polar surface area (TPSA) is 39.2 Å². The first-order valence-electron chi connectivity index (χ1n) is 7.21. The van der Waals surface area contributed by atoms with Crippen molar-refractivity contribution in [2.45, 2.75) is 13.0 Å². The average molecular weight is 257 g/mol. The number of ether oxygens (including phenoxy) is 1. The summed E-state index contributed by atoms with van der Waals surface area (Å²) in [4.78, 5) is 7.30. The van der Waals surface area contributed by atoms with E-state index in [1.165, 1.54) is 0 Å². The lowest BCUT2D eigenvalue weighted by Gasteiger charge is -2.38. The Hall–Kier alpha value is -0.200. The highest BCUT2D eigenvalue weighted by molar-refractivity contribution is 4.78. The number of nitrogens with zero attached hydrogens (tertiary/aromatic N) is 3. The summed E-state index contributed by atoms with van der Waals surface area (Å²) in [6.45, 7) is 12.9. The molecule has 0 spiro atoms. The fourth-order valence-electron chi connectivity index (χ4n) is 2.80. The van der Waals surface area contributed by atoms with E-state index in [0.29, 0.717) is 6.10 Å². The molecule has 5 heteroatoms. The van der Waals surface area contributed by atoms with Gasteiger partial charge in [0.1, 0.15) is 0 Å². The Labute approximate surface area is 110 Å². The molecule has 1 unspecified atom stereocenters. The highest BCUT2D eigenvalue weighted by Crippen LogP contribution is 2.09. The maximum Gasteiger partial charge on any atom is 0.0829 e. The van der Waals surface area contributed by atoms with Crippen molar-refractivity contribution in [2.75, 3.05) is 72.1 Å². The van der Waals surface area contributed by atoms with Crippen LogP contribution in [0.3, 0.4) is 0 Å². The Balaban J connectivity index is 1.67. The van der Waals surface area contributed by atoms with Gasteiger partial charge in [0, 0.05) is 52.4 Å². The smallest absolute Gasteiger partial charge is 0.0829 e. The van der Waals surface area contributed by atoms with Gasteiger partial charge >= 0.3 is 0 Å². The van der Waals surface area contributed by atoms with Crippen LogP contribution in [0.25, 0.3) is 0 Å². The lowest BCUT2D eigenvalue weighted by atomic mass is 10.2. The van der Waals surface area contributed by atoms with Crippen LogP contribution in [0.2, 0.25) is 0 Å². The molecule has 106 valence electrons. The molecule has 1 N–H and O–H groups in total. The van der Waals surface area contributed by atoms with Gasteiger partial charge in [0.2, 0.25) is 0 Å². The van der Waals surface area contributed by atoms with Crippen molar-refractivity contribution in [1.82, 2.24) is 14.7 Å². The van der Waals surface area contributed by atoms with Crippen LogP contribution in [0.4, 0.5) is 0 Å². The molecule has 2 fully saturated rings. The van der Waals surface area contributed by atoms with Crippen LogP contribution < -0.4 is 0 Å². The monoisotopic (exact) mass is 257 g/mol. The standard InChI is InChI=1S/C13H27N3O2/c1-2-14-8-10-18-13(11-14)12-16-5-3-15(4-6-16)7-9-17/h13,17H,2-12H2,1H3. The number of likely N-dealkylation sites (N-methyl/N-ethyl adjacent to an activating group) is 1. The molecule has 0 aromatic rings. The summed E-state index contributed by atoms with van der Waals surface area (Å²) in [6.07, 6.45) is 0.378. The quantitative estimate of drug-likeness (QED) is 0.706. The molecule has 2 heterocycles. The molecule has 0 radical (unpaired) electrons. The van der Waals surface area contributed by atoms with Crippen LogP contribution >= 0.6 is 0 Å². The maximum absolute atomic E-state index is 8.92. The van der Waals surface area contributed by atoms with Crippen LogP contribution in [-0.2, 0) is 4.74 Å². The molecule has 2 rings (SSSR count). The van der Waals surface area contributed by atoms with Gasteiger partial charge in [0.05, 0.1) is 19.3 Å². The van der Waals surface area contributed by atoms with Crippen molar-refractivity contribution >= 4 is 0 Å². The summed E-state index contributed by atoms with van der Waals surface area (Å²) in [5.74, 6) is 0. The van der Waals surface area contributed by atoms with E-state index in [9.17, 15) is 0 Å². The van der Waals surface area contributed by atoms with Gasteiger partial charge in [-0.25, -0.2) is 0 Å². The van der Waals surface area contributed by atoms with E-state index >= 15 is 0 Å². The van der Waals surface area contributed by atoms with Gasteiger partial charge in [-0.1, -0.05) is 6.92 Å². The second kappa shape index (κ2) is 7.40. The third-order valence-corrected chi connectivity index (χ3v) is 4.01. The zero-order chi connectivity index (χ0) is 12.8. The van der Waals surface area contributed by atoms with Crippen molar-refractivity contribution in [3.63, 3.8) is 0 Å². The first kappa shape index (κ1) is 14.2. The molecule has 18 heavy (non-hydrogen) atoms. The molecule has 0 bridgehead atoms. The first-order valence-corrected chi connectivity index (χ1v) is 7.21. The SMILES string of the molecule is CCN1CCOC(CN2CCN(CCO)CC2)C1. The lowest BCUT2D eigenvalue weighted by Crippen LogP contribution is -2.52. The van der Waals surface area contributed by atoms with Crippen LogP contribution in [0, 0.1) is 0 Å². The fraction of sp³-hybridized carbons (Fsp3) is 1.00. The number of aliphatic hydroxyl groups is 1. The first-order chi connectivity index (χ1) is 8.81. The molecular formula is C13H27N3O2. The van der Waals surface area contributed by atoms with Crippen molar-refractivity contribution in [3.05, 3.63) is 0 Å². The highest BCUT2D eigenvalue weighted by atomic mass is 16.5. The van der Waals surface area contributed by atoms with Crippen molar-refractivity contribution < 1.29 is 9.84 Å². The Morgan fingerprint density at radius 2 is 1.78 bits per heavy atom. The van der Waals surface area contributed by atoms with Gasteiger partial charge < -0.3 is 9.84 Å². The third kappa shape index (κ3) is 4.17. The summed E-state index contributed by atoms with van der Waals surface area (Å²) >= 11 is 0. The predicted octanol–water partition coefficient (Wildman–Crippen LogP) is -0.683. The molecule has 2 aliphatic rings. The summed E-state index contributed by atoms with van der Waals surface area (Å²) in [5, 5.41) is 8.92. The molecule has 0 aliphatic carbocycles. The minimum atomic E-state index is 0.275. The molecule has 5 nitrogen and oxygen atoms in total. The Bertz CT molecular complexity index is 232. The Kier molecular flexibility index (Phi) is 5.85. The van der Waals surface area contributed by atoms with Gasteiger partial charge in [-0.3, -0.25) is 14.7 Å². The predicted molar refractivity (Wildman–Crippen MR) is 71.8 cm³/mol. The molecule has 2 aliphatic heterocycles. The average Bonchev–Trinajstić information content (AvgIpc) is 2.42. The summed E-state index contributed by atoms with van der Waals surface area (Å²) in [6, 6.07) is 0. The Morgan fingerprint density at radius 1 is 1.06 bits per heavy atom. The summed E-state index contributed by atoms with van der Waals surface area (Å²) < 4.78 is 5.85. The molecule has 0 aromatic heterocycles. The third-order valence-electron chi connectivity index (χ3n) is 4.01. The molecule has 1 atom stereocenters. The van der Waals surface area contributed by atoms with Gasteiger partial charge in [-0.15, -0.1) is 0 Å². The van der Waals surface area contributed by atoms with E-state index < -0.39 is 0 Å². The van der Waals surface area contributed by atoms with E-state index in [4.69, 9.17) is 9.84 Å². The second-order valence-electron chi connectivity index (χ2n) is 5.25.